The highest BCUT2D eigenvalue weighted by Crippen LogP contribution is 2.09. The fourth-order valence-electron chi connectivity index (χ4n) is 3.20. The highest BCUT2D eigenvalue weighted by atomic mass is 16.5. The van der Waals surface area contributed by atoms with Crippen molar-refractivity contribution in [3.8, 4) is 0 Å². The first-order valence-electron chi connectivity index (χ1n) is 9.69. The summed E-state index contributed by atoms with van der Waals surface area (Å²) in [6, 6.07) is 19.9. The molecule has 148 valence electrons. The number of hydrogen-bond acceptors (Lipinski definition) is 4. The topological polar surface area (TPSA) is 61.9 Å². The Kier molecular flexibility index (Phi) is 7.44. The Balaban J connectivity index is 1.29. The second kappa shape index (κ2) is 10.5. The Bertz CT molecular complexity index is 744. The van der Waals surface area contributed by atoms with Crippen molar-refractivity contribution in [1.82, 2.24) is 15.1 Å². The van der Waals surface area contributed by atoms with E-state index < -0.39 is 6.09 Å². The van der Waals surface area contributed by atoms with Crippen LogP contribution in [-0.4, -0.2) is 54.5 Å². The molecule has 1 aliphatic rings. The third kappa shape index (κ3) is 6.39. The number of carbonyl (C=O) groups excluding carboxylic acids is 2. The van der Waals surface area contributed by atoms with E-state index in [0.29, 0.717) is 6.42 Å². The van der Waals surface area contributed by atoms with Crippen molar-refractivity contribution < 1.29 is 14.3 Å². The SMILES string of the molecule is O=C(NCCC(=O)N1CCN(Cc2ccccc2)CC1)OCc1ccccc1. The third-order valence-electron chi connectivity index (χ3n) is 4.79. The summed E-state index contributed by atoms with van der Waals surface area (Å²) >= 11 is 0. The highest BCUT2D eigenvalue weighted by Gasteiger charge is 2.20. The lowest BCUT2D eigenvalue weighted by Gasteiger charge is -2.34. The van der Waals surface area contributed by atoms with E-state index >= 15 is 0 Å². The summed E-state index contributed by atoms with van der Waals surface area (Å²) in [6.45, 7) is 4.62. The molecule has 1 fully saturated rings. The van der Waals surface area contributed by atoms with Crippen LogP contribution in [0, 0.1) is 0 Å². The van der Waals surface area contributed by atoms with Crippen molar-refractivity contribution in [2.45, 2.75) is 19.6 Å². The van der Waals surface area contributed by atoms with Gasteiger partial charge in [-0.15, -0.1) is 0 Å². The number of hydrogen-bond donors (Lipinski definition) is 1. The molecule has 1 saturated heterocycles. The lowest BCUT2D eigenvalue weighted by molar-refractivity contribution is -0.132. The molecule has 2 amide bonds. The van der Waals surface area contributed by atoms with Crippen molar-refractivity contribution in [3.05, 3.63) is 71.8 Å². The first-order chi connectivity index (χ1) is 13.7. The van der Waals surface area contributed by atoms with Gasteiger partial charge in [0.05, 0.1) is 0 Å². The zero-order chi connectivity index (χ0) is 19.6. The van der Waals surface area contributed by atoms with E-state index in [1.807, 2.05) is 53.4 Å². The fraction of sp³-hybridized carbons (Fsp3) is 0.364. The minimum Gasteiger partial charge on any atom is -0.445 e. The van der Waals surface area contributed by atoms with E-state index in [0.717, 1.165) is 38.3 Å². The van der Waals surface area contributed by atoms with E-state index in [2.05, 4.69) is 22.3 Å². The number of benzene rings is 2. The van der Waals surface area contributed by atoms with E-state index in [1.54, 1.807) is 0 Å². The molecule has 2 aromatic carbocycles. The second-order valence-corrected chi connectivity index (χ2v) is 6.88. The van der Waals surface area contributed by atoms with Crippen LogP contribution < -0.4 is 5.32 Å². The second-order valence-electron chi connectivity index (χ2n) is 6.88. The minimum absolute atomic E-state index is 0.0720. The number of ether oxygens (including phenoxy) is 1. The molecule has 28 heavy (non-hydrogen) atoms. The van der Waals surface area contributed by atoms with Crippen LogP contribution in [0.4, 0.5) is 4.79 Å². The molecule has 0 aliphatic carbocycles. The molecule has 6 heteroatoms. The van der Waals surface area contributed by atoms with Crippen LogP contribution in [0.2, 0.25) is 0 Å². The molecule has 1 N–H and O–H groups in total. The number of rotatable bonds is 7. The lowest BCUT2D eigenvalue weighted by atomic mass is 10.2. The number of alkyl carbamates (subject to hydrolysis) is 1. The van der Waals surface area contributed by atoms with Gasteiger partial charge in [0.15, 0.2) is 0 Å². The molecule has 0 atom stereocenters. The van der Waals surface area contributed by atoms with Gasteiger partial charge in [0.1, 0.15) is 6.61 Å². The van der Waals surface area contributed by atoms with E-state index in [-0.39, 0.29) is 19.1 Å². The standard InChI is InChI=1S/C22H27N3O3/c26-21(11-12-23-22(27)28-18-20-9-5-2-6-10-20)25-15-13-24(14-16-25)17-19-7-3-1-4-8-19/h1-10H,11-18H2,(H,23,27). The maximum Gasteiger partial charge on any atom is 0.407 e. The average molecular weight is 381 g/mol. The summed E-state index contributed by atoms with van der Waals surface area (Å²) in [5.41, 5.74) is 2.22. The summed E-state index contributed by atoms with van der Waals surface area (Å²) in [5, 5.41) is 2.65. The molecule has 0 aromatic heterocycles. The highest BCUT2D eigenvalue weighted by molar-refractivity contribution is 5.77. The average Bonchev–Trinajstić information content (AvgIpc) is 2.74. The molecule has 2 aromatic rings. The predicted molar refractivity (Wildman–Crippen MR) is 108 cm³/mol. The summed E-state index contributed by atoms with van der Waals surface area (Å²) in [4.78, 5) is 28.3. The maximum absolute atomic E-state index is 12.3. The molecule has 0 radical (unpaired) electrons. The Labute approximate surface area is 166 Å². The first-order valence-corrected chi connectivity index (χ1v) is 9.69. The van der Waals surface area contributed by atoms with Gasteiger partial charge in [0, 0.05) is 45.7 Å². The zero-order valence-corrected chi connectivity index (χ0v) is 16.0. The van der Waals surface area contributed by atoms with Crippen LogP contribution in [0.25, 0.3) is 0 Å². The molecule has 6 nitrogen and oxygen atoms in total. The quantitative estimate of drug-likeness (QED) is 0.801. The molecule has 0 unspecified atom stereocenters. The lowest BCUT2D eigenvalue weighted by Crippen LogP contribution is -2.48. The number of piperazine rings is 1. The number of carbonyl (C=O) groups is 2. The number of amides is 2. The van der Waals surface area contributed by atoms with E-state index in [1.165, 1.54) is 5.56 Å². The normalized spacial score (nSPS) is 14.5. The summed E-state index contributed by atoms with van der Waals surface area (Å²) < 4.78 is 5.14. The van der Waals surface area contributed by atoms with Gasteiger partial charge < -0.3 is 15.0 Å². The third-order valence-corrected chi connectivity index (χ3v) is 4.79. The van der Waals surface area contributed by atoms with Crippen molar-refractivity contribution in [2.75, 3.05) is 32.7 Å². The molecule has 1 aliphatic heterocycles. The Morgan fingerprint density at radius 2 is 1.46 bits per heavy atom. The Morgan fingerprint density at radius 1 is 0.857 bits per heavy atom. The Hall–Kier alpha value is -2.86. The van der Waals surface area contributed by atoms with Crippen LogP contribution >= 0.6 is 0 Å². The monoisotopic (exact) mass is 381 g/mol. The molecular weight excluding hydrogens is 354 g/mol. The van der Waals surface area contributed by atoms with Crippen LogP contribution in [0.1, 0.15) is 17.5 Å². The molecule has 1 heterocycles. The first kappa shape index (κ1) is 19.9. The summed E-state index contributed by atoms with van der Waals surface area (Å²) in [5.74, 6) is 0.0720. The summed E-state index contributed by atoms with van der Waals surface area (Å²) in [7, 11) is 0. The van der Waals surface area contributed by atoms with Gasteiger partial charge in [0.2, 0.25) is 5.91 Å². The van der Waals surface area contributed by atoms with Crippen LogP contribution in [0.3, 0.4) is 0 Å². The molecular formula is C22H27N3O3. The minimum atomic E-state index is -0.496. The van der Waals surface area contributed by atoms with Crippen molar-refractivity contribution in [1.29, 1.82) is 0 Å². The van der Waals surface area contributed by atoms with Crippen molar-refractivity contribution >= 4 is 12.0 Å². The van der Waals surface area contributed by atoms with Crippen molar-refractivity contribution in [2.24, 2.45) is 0 Å². The van der Waals surface area contributed by atoms with Gasteiger partial charge in [-0.1, -0.05) is 60.7 Å². The van der Waals surface area contributed by atoms with Gasteiger partial charge in [0.25, 0.3) is 0 Å². The predicted octanol–water partition coefficient (Wildman–Crippen LogP) is 2.65. The van der Waals surface area contributed by atoms with E-state index in [4.69, 9.17) is 4.74 Å². The van der Waals surface area contributed by atoms with Crippen LogP contribution in [-0.2, 0) is 22.7 Å². The van der Waals surface area contributed by atoms with Crippen LogP contribution in [0.5, 0.6) is 0 Å². The molecule has 0 spiro atoms. The van der Waals surface area contributed by atoms with Gasteiger partial charge in [-0.25, -0.2) is 4.79 Å². The smallest absolute Gasteiger partial charge is 0.407 e. The zero-order valence-electron chi connectivity index (χ0n) is 16.0. The van der Waals surface area contributed by atoms with Crippen molar-refractivity contribution in [3.63, 3.8) is 0 Å². The largest absolute Gasteiger partial charge is 0.445 e. The van der Waals surface area contributed by atoms with Gasteiger partial charge in [-0.05, 0) is 11.1 Å². The molecule has 0 bridgehead atoms. The van der Waals surface area contributed by atoms with Gasteiger partial charge in [-0.3, -0.25) is 9.69 Å². The van der Waals surface area contributed by atoms with Crippen LogP contribution in [0.15, 0.2) is 60.7 Å². The van der Waals surface area contributed by atoms with E-state index in [9.17, 15) is 9.59 Å². The maximum atomic E-state index is 12.3. The number of nitrogens with zero attached hydrogens (tertiary/aromatic N) is 2. The Morgan fingerprint density at radius 3 is 2.11 bits per heavy atom. The molecule has 3 rings (SSSR count). The fourth-order valence-corrected chi connectivity index (χ4v) is 3.20. The number of nitrogens with one attached hydrogen (secondary N) is 1. The van der Waals surface area contributed by atoms with Gasteiger partial charge >= 0.3 is 6.09 Å². The van der Waals surface area contributed by atoms with Gasteiger partial charge in [-0.2, -0.15) is 0 Å². The molecule has 0 saturated carbocycles. The summed E-state index contributed by atoms with van der Waals surface area (Å²) in [6.07, 6.45) is -0.205.